The molecule has 0 heterocycles. The molecule has 0 bridgehead atoms. The first-order chi connectivity index (χ1) is 8.10. The monoisotopic (exact) mass is 237 g/mol. The maximum atomic E-state index is 10.8. The minimum atomic E-state index is -0.534. The lowest BCUT2D eigenvalue weighted by atomic mass is 10.1. The van der Waals surface area contributed by atoms with E-state index in [-0.39, 0.29) is 11.4 Å². The number of hydrogen-bond acceptors (Lipinski definition) is 5. The van der Waals surface area contributed by atoms with Crippen LogP contribution in [0.25, 0.3) is 0 Å². The highest BCUT2D eigenvalue weighted by Crippen LogP contribution is 2.31. The summed E-state index contributed by atoms with van der Waals surface area (Å²) in [7, 11) is 0. The quantitative estimate of drug-likeness (QED) is 0.260. The van der Waals surface area contributed by atoms with Gasteiger partial charge < -0.3 is 15.9 Å². The topological polar surface area (TPSA) is 102 Å². The van der Waals surface area contributed by atoms with E-state index >= 15 is 0 Å². The van der Waals surface area contributed by atoms with Crippen LogP contribution in [-0.2, 0) is 0 Å². The largest absolute Gasteiger partial charge is 0.487 e. The fourth-order valence-electron chi connectivity index (χ4n) is 1.31. The maximum Gasteiger partial charge on any atom is 0.311 e. The summed E-state index contributed by atoms with van der Waals surface area (Å²) in [6, 6.07) is 2.65. The predicted molar refractivity (Wildman–Crippen MR) is 65.8 cm³/mol. The third-order valence-electron chi connectivity index (χ3n) is 2.27. The van der Waals surface area contributed by atoms with E-state index in [0.29, 0.717) is 17.9 Å². The zero-order chi connectivity index (χ0) is 12.8. The number of nitro benzene ring substituents is 1. The Morgan fingerprint density at radius 3 is 2.82 bits per heavy atom. The van der Waals surface area contributed by atoms with Gasteiger partial charge in [0, 0.05) is 29.6 Å². The van der Waals surface area contributed by atoms with Gasteiger partial charge in [0.1, 0.15) is 0 Å². The van der Waals surface area contributed by atoms with Crippen LogP contribution in [0.2, 0.25) is 0 Å². The van der Waals surface area contributed by atoms with E-state index in [0.717, 1.165) is 19.1 Å². The fourth-order valence-corrected chi connectivity index (χ4v) is 1.31. The number of benzene rings is 1. The molecule has 3 N–H and O–H groups in total. The van der Waals surface area contributed by atoms with Gasteiger partial charge in [-0.15, -0.1) is 0 Å². The fraction of sp³-hybridized carbons (Fsp3) is 0.364. The predicted octanol–water partition coefficient (Wildman–Crippen LogP) is 2.35. The zero-order valence-corrected chi connectivity index (χ0v) is 9.60. The number of nitrogens with two attached hydrogens (primary N) is 1. The van der Waals surface area contributed by atoms with Crippen molar-refractivity contribution in [1.82, 2.24) is 0 Å². The van der Waals surface area contributed by atoms with Crippen LogP contribution in [0.5, 0.6) is 5.75 Å². The highest BCUT2D eigenvalue weighted by Gasteiger charge is 2.17. The van der Waals surface area contributed by atoms with E-state index in [1.807, 2.05) is 6.92 Å². The lowest BCUT2D eigenvalue weighted by molar-refractivity contribution is -0.385. The van der Waals surface area contributed by atoms with Gasteiger partial charge in [-0.25, -0.2) is 0 Å². The summed E-state index contributed by atoms with van der Waals surface area (Å²) < 4.78 is 5.32. The molecule has 92 valence electrons. The van der Waals surface area contributed by atoms with Crippen molar-refractivity contribution in [2.24, 2.45) is 0 Å². The number of nitrogen functional groups attached to an aromatic ring is 1. The molecule has 1 rings (SSSR count). The molecule has 0 unspecified atom stereocenters. The number of nitrogens with one attached hydrogen (secondary N) is 1. The molecule has 6 nitrogen and oxygen atoms in total. The molecule has 0 fully saturated rings. The third kappa shape index (κ3) is 3.17. The molecule has 6 heteroatoms. The van der Waals surface area contributed by atoms with Gasteiger partial charge in [-0.2, -0.15) is 0 Å². The molecule has 0 aliphatic heterocycles. The van der Waals surface area contributed by atoms with Gasteiger partial charge >= 0.3 is 5.69 Å². The molecule has 0 aliphatic carbocycles. The maximum absolute atomic E-state index is 10.8. The smallest absolute Gasteiger partial charge is 0.311 e. The summed E-state index contributed by atoms with van der Waals surface area (Å²) in [5.41, 5.74) is 6.11. The Hall–Kier alpha value is -2.11. The first-order valence-corrected chi connectivity index (χ1v) is 5.31. The Labute approximate surface area is 99.0 Å². The summed E-state index contributed by atoms with van der Waals surface area (Å²) in [5.74, 6) is 0.159. The number of rotatable bonds is 6. The van der Waals surface area contributed by atoms with Gasteiger partial charge in [0.25, 0.3) is 0 Å². The average Bonchev–Trinajstić information content (AvgIpc) is 2.29. The van der Waals surface area contributed by atoms with Crippen LogP contribution < -0.4 is 10.5 Å². The van der Waals surface area contributed by atoms with Gasteiger partial charge in [0.05, 0.1) is 11.5 Å². The summed E-state index contributed by atoms with van der Waals surface area (Å²) >= 11 is 0. The van der Waals surface area contributed by atoms with Crippen molar-refractivity contribution in [1.29, 1.82) is 5.41 Å². The third-order valence-corrected chi connectivity index (χ3v) is 2.27. The number of anilines is 1. The summed E-state index contributed by atoms with van der Waals surface area (Å²) in [4.78, 5) is 10.3. The molecule has 1 aromatic rings. The van der Waals surface area contributed by atoms with Gasteiger partial charge in [-0.1, -0.05) is 13.3 Å². The SMILES string of the molecule is CCCCOc1cc(N)c(C=N)cc1[N+](=O)[O-]. The van der Waals surface area contributed by atoms with Crippen molar-refractivity contribution in [3.05, 3.63) is 27.8 Å². The second kappa shape index (κ2) is 5.83. The summed E-state index contributed by atoms with van der Waals surface area (Å²) in [6.07, 6.45) is 2.75. The second-order valence-corrected chi connectivity index (χ2v) is 3.55. The first kappa shape index (κ1) is 13.0. The number of unbranched alkanes of at least 4 members (excludes halogenated alkanes) is 1. The van der Waals surface area contributed by atoms with Crippen LogP contribution in [0.15, 0.2) is 12.1 Å². The molecule has 0 saturated carbocycles. The van der Waals surface area contributed by atoms with Crippen LogP contribution in [0.3, 0.4) is 0 Å². The van der Waals surface area contributed by atoms with E-state index in [1.54, 1.807) is 0 Å². The lowest BCUT2D eigenvalue weighted by Gasteiger charge is -2.08. The Bertz CT molecular complexity index is 432. The molecule has 0 aliphatic rings. The molecular formula is C11H15N3O3. The van der Waals surface area contributed by atoms with E-state index in [4.69, 9.17) is 15.9 Å². The van der Waals surface area contributed by atoms with Crippen LogP contribution >= 0.6 is 0 Å². The standard InChI is InChI=1S/C11H15N3O3/c1-2-3-4-17-11-6-9(13)8(7-12)5-10(11)14(15)16/h5-7,12H,2-4,13H2,1H3. The number of ether oxygens (including phenoxy) is 1. The summed E-state index contributed by atoms with van der Waals surface area (Å²) in [5, 5.41) is 17.9. The number of nitro groups is 1. The molecular weight excluding hydrogens is 222 g/mol. The Morgan fingerprint density at radius 1 is 1.59 bits per heavy atom. The highest BCUT2D eigenvalue weighted by molar-refractivity contribution is 5.87. The van der Waals surface area contributed by atoms with Gasteiger partial charge in [-0.3, -0.25) is 10.1 Å². The van der Waals surface area contributed by atoms with E-state index in [1.165, 1.54) is 12.1 Å². The van der Waals surface area contributed by atoms with Crippen LogP contribution in [0, 0.1) is 15.5 Å². The lowest BCUT2D eigenvalue weighted by Crippen LogP contribution is -2.03. The summed E-state index contributed by atoms with van der Waals surface area (Å²) in [6.45, 7) is 2.42. The van der Waals surface area contributed by atoms with Crippen LogP contribution in [0.1, 0.15) is 25.3 Å². The number of nitrogens with zero attached hydrogens (tertiary/aromatic N) is 1. The molecule has 17 heavy (non-hydrogen) atoms. The molecule has 0 spiro atoms. The van der Waals surface area contributed by atoms with Crippen molar-refractivity contribution in [3.8, 4) is 5.75 Å². The van der Waals surface area contributed by atoms with Crippen LogP contribution in [-0.4, -0.2) is 17.7 Å². The van der Waals surface area contributed by atoms with Crippen molar-refractivity contribution in [2.75, 3.05) is 12.3 Å². The molecule has 1 aromatic carbocycles. The first-order valence-electron chi connectivity index (χ1n) is 5.31. The van der Waals surface area contributed by atoms with Crippen molar-refractivity contribution < 1.29 is 9.66 Å². The molecule has 0 saturated heterocycles. The Kier molecular flexibility index (Phi) is 4.45. The molecule has 0 radical (unpaired) electrons. The Balaban J connectivity index is 3.05. The van der Waals surface area contributed by atoms with Crippen molar-refractivity contribution in [2.45, 2.75) is 19.8 Å². The molecule has 0 atom stereocenters. The molecule has 0 amide bonds. The second-order valence-electron chi connectivity index (χ2n) is 3.55. The normalized spacial score (nSPS) is 9.94. The van der Waals surface area contributed by atoms with Crippen LogP contribution in [0.4, 0.5) is 11.4 Å². The zero-order valence-electron chi connectivity index (χ0n) is 9.60. The average molecular weight is 237 g/mol. The van der Waals surface area contributed by atoms with Gasteiger partial charge in [-0.05, 0) is 6.42 Å². The Morgan fingerprint density at radius 2 is 2.29 bits per heavy atom. The van der Waals surface area contributed by atoms with Gasteiger partial charge in [0.2, 0.25) is 0 Å². The van der Waals surface area contributed by atoms with Gasteiger partial charge in [0.15, 0.2) is 5.75 Å². The molecule has 0 aromatic heterocycles. The van der Waals surface area contributed by atoms with E-state index < -0.39 is 4.92 Å². The minimum absolute atomic E-state index is 0.159. The van der Waals surface area contributed by atoms with Crippen molar-refractivity contribution >= 4 is 17.6 Å². The van der Waals surface area contributed by atoms with Crippen molar-refractivity contribution in [3.63, 3.8) is 0 Å². The highest BCUT2D eigenvalue weighted by atomic mass is 16.6. The van der Waals surface area contributed by atoms with E-state index in [9.17, 15) is 10.1 Å². The van der Waals surface area contributed by atoms with E-state index in [2.05, 4.69) is 0 Å². The minimum Gasteiger partial charge on any atom is -0.487 e. The number of hydrogen-bond donors (Lipinski definition) is 2.